The van der Waals surface area contributed by atoms with Crippen LogP contribution in [0.5, 0.6) is 0 Å². The third-order valence-corrected chi connectivity index (χ3v) is 9.11. The number of hydrogen-bond donors (Lipinski definition) is 0. The van der Waals surface area contributed by atoms with Crippen LogP contribution in [0.4, 0.5) is 17.1 Å². The average molecular weight is 626 g/mol. The van der Waals surface area contributed by atoms with Crippen molar-refractivity contribution in [2.24, 2.45) is 0 Å². The first-order chi connectivity index (χ1) is 24.3. The molecule has 0 radical (unpaired) electrons. The first-order valence-electron chi connectivity index (χ1n) is 16.8. The summed E-state index contributed by atoms with van der Waals surface area (Å²) >= 11 is 0. The summed E-state index contributed by atoms with van der Waals surface area (Å²) in [5.41, 5.74) is 15.3. The summed E-state index contributed by atoms with van der Waals surface area (Å²) in [5, 5.41) is 0. The normalized spacial score (nSPS) is 10.9. The average Bonchev–Trinajstić information content (AvgIpc) is 3.20. The van der Waals surface area contributed by atoms with E-state index in [1.165, 1.54) is 55.6 Å². The number of rotatable bonds is 8. The molecule has 0 amide bonds. The number of nitrogens with zero attached hydrogens (tertiary/aromatic N) is 1. The standard InChI is InChI=1S/C48H35N/c1-5-13-36(14-6-1)39-21-23-43(24-22-39)48-35-46(33-34-47(48)42-19-11-4-12-20-42)49(44-29-25-40(26-30-44)37-15-7-2-8-16-37)45-31-27-41(28-32-45)38-17-9-3-10-18-38/h1-35H. The molecule has 0 aliphatic rings. The molecule has 0 saturated heterocycles. The minimum atomic E-state index is 1.10. The minimum Gasteiger partial charge on any atom is -0.310 e. The van der Waals surface area contributed by atoms with Crippen LogP contribution in [0.2, 0.25) is 0 Å². The summed E-state index contributed by atoms with van der Waals surface area (Å²) in [5.74, 6) is 0. The predicted molar refractivity (Wildman–Crippen MR) is 208 cm³/mol. The molecule has 0 unspecified atom stereocenters. The molecule has 0 atom stereocenters. The second-order valence-corrected chi connectivity index (χ2v) is 12.2. The largest absolute Gasteiger partial charge is 0.310 e. The lowest BCUT2D eigenvalue weighted by molar-refractivity contribution is 1.28. The van der Waals surface area contributed by atoms with Gasteiger partial charge in [0.15, 0.2) is 0 Å². The summed E-state index contributed by atoms with van der Waals surface area (Å²) < 4.78 is 0. The fraction of sp³-hybridized carbons (Fsp3) is 0. The summed E-state index contributed by atoms with van der Waals surface area (Å²) in [4.78, 5) is 2.36. The van der Waals surface area contributed by atoms with Crippen molar-refractivity contribution in [2.45, 2.75) is 0 Å². The van der Waals surface area contributed by atoms with Gasteiger partial charge in [0.2, 0.25) is 0 Å². The van der Waals surface area contributed by atoms with Crippen LogP contribution in [0.1, 0.15) is 0 Å². The van der Waals surface area contributed by atoms with Crippen molar-refractivity contribution in [1.29, 1.82) is 0 Å². The Morgan fingerprint density at radius 2 is 0.490 bits per heavy atom. The molecule has 0 N–H and O–H groups in total. The molecule has 8 aromatic carbocycles. The van der Waals surface area contributed by atoms with Crippen molar-refractivity contribution in [2.75, 3.05) is 4.90 Å². The minimum absolute atomic E-state index is 1.10. The van der Waals surface area contributed by atoms with E-state index in [9.17, 15) is 0 Å². The molecule has 0 bridgehead atoms. The second-order valence-electron chi connectivity index (χ2n) is 12.2. The van der Waals surface area contributed by atoms with E-state index in [-0.39, 0.29) is 0 Å². The quantitative estimate of drug-likeness (QED) is 0.162. The SMILES string of the molecule is c1ccc(-c2ccc(-c3cc(N(c4ccc(-c5ccccc5)cc4)c4ccc(-c5ccccc5)cc4)ccc3-c3ccccc3)cc2)cc1. The molecule has 0 aromatic heterocycles. The first-order valence-corrected chi connectivity index (χ1v) is 16.8. The fourth-order valence-electron chi connectivity index (χ4n) is 6.57. The zero-order valence-corrected chi connectivity index (χ0v) is 27.2. The van der Waals surface area contributed by atoms with Crippen LogP contribution in [0.25, 0.3) is 55.6 Å². The van der Waals surface area contributed by atoms with E-state index >= 15 is 0 Å². The molecule has 1 heteroatoms. The molecule has 0 aliphatic heterocycles. The van der Waals surface area contributed by atoms with Gasteiger partial charge >= 0.3 is 0 Å². The topological polar surface area (TPSA) is 3.24 Å². The van der Waals surface area contributed by atoms with E-state index in [4.69, 9.17) is 0 Å². The maximum absolute atomic E-state index is 2.36. The Labute approximate surface area is 289 Å². The first kappa shape index (κ1) is 29.9. The van der Waals surface area contributed by atoms with E-state index in [2.05, 4.69) is 217 Å². The Balaban J connectivity index is 1.25. The van der Waals surface area contributed by atoms with Crippen LogP contribution >= 0.6 is 0 Å². The van der Waals surface area contributed by atoms with Crippen molar-refractivity contribution in [1.82, 2.24) is 0 Å². The molecule has 0 spiro atoms. The maximum atomic E-state index is 2.36. The number of benzene rings is 8. The second kappa shape index (κ2) is 13.7. The van der Waals surface area contributed by atoms with E-state index in [1.54, 1.807) is 0 Å². The van der Waals surface area contributed by atoms with Crippen molar-refractivity contribution >= 4 is 17.1 Å². The number of anilines is 3. The molecular weight excluding hydrogens is 591 g/mol. The highest BCUT2D eigenvalue weighted by atomic mass is 15.1. The van der Waals surface area contributed by atoms with Crippen LogP contribution in [-0.4, -0.2) is 0 Å². The molecule has 8 rings (SSSR count). The zero-order chi connectivity index (χ0) is 32.8. The van der Waals surface area contributed by atoms with Gasteiger partial charge in [0, 0.05) is 17.1 Å². The Bertz CT molecular complexity index is 2180. The molecule has 0 heterocycles. The molecule has 49 heavy (non-hydrogen) atoms. The van der Waals surface area contributed by atoms with Gasteiger partial charge in [-0.05, 0) is 92.0 Å². The third kappa shape index (κ3) is 6.43. The van der Waals surface area contributed by atoms with Gasteiger partial charge in [-0.3, -0.25) is 0 Å². The van der Waals surface area contributed by atoms with Crippen LogP contribution in [0.15, 0.2) is 212 Å². The smallest absolute Gasteiger partial charge is 0.0468 e. The monoisotopic (exact) mass is 625 g/mol. The van der Waals surface area contributed by atoms with Crippen molar-refractivity contribution in [3.63, 3.8) is 0 Å². The van der Waals surface area contributed by atoms with Gasteiger partial charge in [0.25, 0.3) is 0 Å². The van der Waals surface area contributed by atoms with Gasteiger partial charge in [-0.25, -0.2) is 0 Å². The van der Waals surface area contributed by atoms with E-state index in [0.717, 1.165) is 17.1 Å². The van der Waals surface area contributed by atoms with Crippen LogP contribution < -0.4 is 4.90 Å². The predicted octanol–water partition coefficient (Wildman–Crippen LogP) is 13.5. The fourth-order valence-corrected chi connectivity index (χ4v) is 6.57. The third-order valence-electron chi connectivity index (χ3n) is 9.11. The van der Waals surface area contributed by atoms with Crippen molar-refractivity contribution in [3.8, 4) is 55.6 Å². The Kier molecular flexibility index (Phi) is 8.39. The van der Waals surface area contributed by atoms with Crippen molar-refractivity contribution in [3.05, 3.63) is 212 Å². The van der Waals surface area contributed by atoms with Crippen molar-refractivity contribution < 1.29 is 0 Å². The van der Waals surface area contributed by atoms with Gasteiger partial charge in [0.1, 0.15) is 0 Å². The van der Waals surface area contributed by atoms with E-state index < -0.39 is 0 Å². The maximum Gasteiger partial charge on any atom is 0.0468 e. The highest BCUT2D eigenvalue weighted by Gasteiger charge is 2.17. The Morgan fingerprint density at radius 1 is 0.204 bits per heavy atom. The van der Waals surface area contributed by atoms with Crippen LogP contribution in [-0.2, 0) is 0 Å². The summed E-state index contributed by atoms with van der Waals surface area (Å²) in [6.45, 7) is 0. The highest BCUT2D eigenvalue weighted by Crippen LogP contribution is 2.42. The van der Waals surface area contributed by atoms with Crippen LogP contribution in [0, 0.1) is 0 Å². The van der Waals surface area contributed by atoms with Gasteiger partial charge < -0.3 is 4.90 Å². The molecular formula is C48H35N. The molecule has 1 nitrogen and oxygen atoms in total. The summed E-state index contributed by atoms with van der Waals surface area (Å²) in [6.07, 6.45) is 0. The molecule has 0 aliphatic carbocycles. The van der Waals surface area contributed by atoms with Crippen LogP contribution in [0.3, 0.4) is 0 Å². The Morgan fingerprint density at radius 3 is 0.898 bits per heavy atom. The number of hydrogen-bond acceptors (Lipinski definition) is 1. The highest BCUT2D eigenvalue weighted by molar-refractivity contribution is 5.90. The lowest BCUT2D eigenvalue weighted by Gasteiger charge is -2.27. The molecule has 0 fully saturated rings. The van der Waals surface area contributed by atoms with Gasteiger partial charge in [-0.1, -0.05) is 176 Å². The molecule has 8 aromatic rings. The zero-order valence-electron chi connectivity index (χ0n) is 27.2. The van der Waals surface area contributed by atoms with E-state index in [1.807, 2.05) is 0 Å². The Hall–Kier alpha value is -6.44. The lowest BCUT2D eigenvalue weighted by Crippen LogP contribution is -2.10. The summed E-state index contributed by atoms with van der Waals surface area (Å²) in [6, 6.07) is 76.0. The molecule has 0 saturated carbocycles. The lowest BCUT2D eigenvalue weighted by atomic mass is 9.92. The summed E-state index contributed by atoms with van der Waals surface area (Å²) in [7, 11) is 0. The van der Waals surface area contributed by atoms with E-state index in [0.29, 0.717) is 0 Å². The van der Waals surface area contributed by atoms with Gasteiger partial charge in [-0.2, -0.15) is 0 Å². The van der Waals surface area contributed by atoms with Gasteiger partial charge in [0.05, 0.1) is 0 Å². The molecule has 232 valence electrons. The van der Waals surface area contributed by atoms with Gasteiger partial charge in [-0.15, -0.1) is 0 Å².